The number of thiophene rings is 1. The van der Waals surface area contributed by atoms with Crippen LogP contribution in [0.15, 0.2) is 48.9 Å². The molecule has 0 atom stereocenters. The number of hydrogen-bond donors (Lipinski definition) is 1. The molecular weight excluding hydrogens is 332 g/mol. The molecule has 0 unspecified atom stereocenters. The van der Waals surface area contributed by atoms with Crippen molar-refractivity contribution in [3.8, 4) is 17.5 Å². The second-order valence-corrected chi connectivity index (χ2v) is 6.55. The van der Waals surface area contributed by atoms with E-state index < -0.39 is 0 Å². The largest absolute Gasteiger partial charge is 0.383 e. The fourth-order valence-corrected chi connectivity index (χ4v) is 3.59. The van der Waals surface area contributed by atoms with Gasteiger partial charge in [-0.15, -0.1) is 11.3 Å². The lowest BCUT2D eigenvalue weighted by molar-refractivity contribution is 1.05. The van der Waals surface area contributed by atoms with Crippen LogP contribution in [0.25, 0.3) is 21.6 Å². The molecule has 7 heteroatoms. The summed E-state index contributed by atoms with van der Waals surface area (Å²) in [6, 6.07) is 11.3. The highest BCUT2D eigenvalue weighted by molar-refractivity contribution is 7.18. The Morgan fingerprint density at radius 3 is 2.88 bits per heavy atom. The number of nitrogen functional groups attached to an aromatic ring is 1. The molecule has 3 heterocycles. The maximum absolute atomic E-state index is 9.05. The summed E-state index contributed by atoms with van der Waals surface area (Å²) in [7, 11) is 0. The molecule has 0 spiro atoms. The summed E-state index contributed by atoms with van der Waals surface area (Å²) in [5.41, 5.74) is 8.36. The number of rotatable bonds is 3. The topological polar surface area (TPSA) is 101 Å². The lowest BCUT2D eigenvalue weighted by Crippen LogP contribution is -1.96. The number of hydrogen-bond acceptors (Lipinski definition) is 7. The van der Waals surface area contributed by atoms with Crippen LogP contribution in [0.5, 0.6) is 0 Å². The maximum Gasteiger partial charge on any atom is 0.163 e. The molecule has 1 aromatic carbocycles. The molecule has 0 aliphatic carbocycles. The molecule has 4 rings (SSSR count). The average molecular weight is 344 g/mol. The van der Waals surface area contributed by atoms with E-state index in [-0.39, 0.29) is 0 Å². The van der Waals surface area contributed by atoms with E-state index in [1.165, 1.54) is 0 Å². The highest BCUT2D eigenvalue weighted by Crippen LogP contribution is 2.31. The molecule has 0 amide bonds. The van der Waals surface area contributed by atoms with Crippen molar-refractivity contribution in [2.75, 3.05) is 5.73 Å². The highest BCUT2D eigenvalue weighted by Gasteiger charge is 2.12. The minimum absolute atomic E-state index is 0.434. The van der Waals surface area contributed by atoms with E-state index in [1.54, 1.807) is 42.1 Å². The number of nitriles is 1. The Morgan fingerprint density at radius 2 is 2.08 bits per heavy atom. The van der Waals surface area contributed by atoms with Crippen LogP contribution >= 0.6 is 11.3 Å². The molecule has 0 saturated carbocycles. The minimum atomic E-state index is 0.434. The zero-order valence-corrected chi connectivity index (χ0v) is 13.9. The molecule has 25 heavy (non-hydrogen) atoms. The van der Waals surface area contributed by atoms with Crippen LogP contribution in [-0.2, 0) is 6.42 Å². The predicted molar refractivity (Wildman–Crippen MR) is 96.8 cm³/mol. The van der Waals surface area contributed by atoms with Gasteiger partial charge in [0.15, 0.2) is 5.82 Å². The second kappa shape index (κ2) is 6.26. The normalized spacial score (nSPS) is 10.7. The van der Waals surface area contributed by atoms with Gasteiger partial charge in [-0.3, -0.25) is 9.97 Å². The highest BCUT2D eigenvalue weighted by atomic mass is 32.1. The lowest BCUT2D eigenvalue weighted by Gasteiger charge is -2.02. The quantitative estimate of drug-likeness (QED) is 0.612. The number of aromatic nitrogens is 4. The van der Waals surface area contributed by atoms with E-state index in [4.69, 9.17) is 11.0 Å². The van der Waals surface area contributed by atoms with Gasteiger partial charge in [-0.05, 0) is 18.2 Å². The Hall–Kier alpha value is -3.37. The van der Waals surface area contributed by atoms with Gasteiger partial charge in [-0.25, -0.2) is 9.97 Å². The van der Waals surface area contributed by atoms with Crippen molar-refractivity contribution in [2.45, 2.75) is 6.42 Å². The summed E-state index contributed by atoms with van der Waals surface area (Å²) in [4.78, 5) is 19.3. The van der Waals surface area contributed by atoms with Gasteiger partial charge in [0.2, 0.25) is 0 Å². The van der Waals surface area contributed by atoms with Crippen molar-refractivity contribution in [3.05, 3.63) is 65.1 Å². The summed E-state index contributed by atoms with van der Waals surface area (Å²) in [5.74, 6) is 0.957. The van der Waals surface area contributed by atoms with Crippen LogP contribution in [0.4, 0.5) is 5.82 Å². The van der Waals surface area contributed by atoms with Crippen molar-refractivity contribution in [2.24, 2.45) is 0 Å². The number of anilines is 1. The van der Waals surface area contributed by atoms with E-state index in [2.05, 4.69) is 26.0 Å². The molecule has 0 fully saturated rings. The Bertz CT molecular complexity index is 1100. The smallest absolute Gasteiger partial charge is 0.163 e. The van der Waals surface area contributed by atoms with E-state index in [0.29, 0.717) is 23.6 Å². The maximum atomic E-state index is 9.05. The summed E-state index contributed by atoms with van der Waals surface area (Å²) >= 11 is 1.56. The molecule has 0 aliphatic heterocycles. The van der Waals surface area contributed by atoms with Crippen molar-refractivity contribution < 1.29 is 0 Å². The Morgan fingerprint density at radius 1 is 1.16 bits per heavy atom. The first-order valence-corrected chi connectivity index (χ1v) is 8.36. The lowest BCUT2D eigenvalue weighted by atomic mass is 10.1. The number of benzene rings is 1. The Kier molecular flexibility index (Phi) is 3.80. The van der Waals surface area contributed by atoms with Gasteiger partial charge in [-0.1, -0.05) is 12.1 Å². The third-order valence-corrected chi connectivity index (χ3v) is 4.72. The van der Waals surface area contributed by atoms with E-state index in [1.807, 2.05) is 18.2 Å². The SMILES string of the molecule is N#Cc1cccc(-c2nc(N)c3cc(Cc4cnccn4)sc3n2)c1. The van der Waals surface area contributed by atoms with Gasteiger partial charge in [-0.2, -0.15) is 5.26 Å². The van der Waals surface area contributed by atoms with Gasteiger partial charge in [0.1, 0.15) is 10.6 Å². The van der Waals surface area contributed by atoms with Gasteiger partial charge < -0.3 is 5.73 Å². The van der Waals surface area contributed by atoms with Gasteiger partial charge in [0, 0.05) is 35.5 Å². The molecule has 4 aromatic rings. The van der Waals surface area contributed by atoms with E-state index in [0.717, 1.165) is 26.4 Å². The average Bonchev–Trinajstić information content (AvgIpc) is 3.05. The Balaban J connectivity index is 1.75. The van der Waals surface area contributed by atoms with Crippen molar-refractivity contribution in [3.63, 3.8) is 0 Å². The first kappa shape index (κ1) is 15.2. The van der Waals surface area contributed by atoms with Crippen molar-refractivity contribution >= 4 is 27.4 Å². The van der Waals surface area contributed by atoms with Gasteiger partial charge in [0.25, 0.3) is 0 Å². The summed E-state index contributed by atoms with van der Waals surface area (Å²) in [6.07, 6.45) is 5.75. The van der Waals surface area contributed by atoms with Crippen molar-refractivity contribution in [1.29, 1.82) is 5.26 Å². The fourth-order valence-electron chi connectivity index (χ4n) is 2.54. The minimum Gasteiger partial charge on any atom is -0.383 e. The number of nitrogens with zero attached hydrogens (tertiary/aromatic N) is 5. The van der Waals surface area contributed by atoms with Gasteiger partial charge >= 0.3 is 0 Å². The molecule has 3 aromatic heterocycles. The van der Waals surface area contributed by atoms with Crippen LogP contribution in [-0.4, -0.2) is 19.9 Å². The summed E-state index contributed by atoms with van der Waals surface area (Å²) < 4.78 is 0. The van der Waals surface area contributed by atoms with E-state index >= 15 is 0 Å². The fraction of sp³-hybridized carbons (Fsp3) is 0.0556. The third kappa shape index (κ3) is 3.03. The summed E-state index contributed by atoms with van der Waals surface area (Å²) in [6.45, 7) is 0. The van der Waals surface area contributed by atoms with Crippen molar-refractivity contribution in [1.82, 2.24) is 19.9 Å². The van der Waals surface area contributed by atoms with Crippen LogP contribution in [0.1, 0.15) is 16.1 Å². The number of nitrogens with two attached hydrogens (primary N) is 1. The Labute approximate surface area is 147 Å². The van der Waals surface area contributed by atoms with Crippen LogP contribution in [0.3, 0.4) is 0 Å². The molecule has 0 bridgehead atoms. The molecular formula is C18H12N6S. The van der Waals surface area contributed by atoms with E-state index in [9.17, 15) is 0 Å². The molecule has 6 nitrogen and oxygen atoms in total. The first-order valence-electron chi connectivity index (χ1n) is 7.54. The first-order chi connectivity index (χ1) is 12.2. The zero-order chi connectivity index (χ0) is 17.2. The molecule has 2 N–H and O–H groups in total. The molecule has 0 saturated heterocycles. The molecule has 120 valence electrons. The summed E-state index contributed by atoms with van der Waals surface area (Å²) in [5, 5.41) is 9.89. The van der Waals surface area contributed by atoms with Crippen LogP contribution < -0.4 is 5.73 Å². The van der Waals surface area contributed by atoms with Crippen LogP contribution in [0.2, 0.25) is 0 Å². The van der Waals surface area contributed by atoms with Crippen LogP contribution in [0, 0.1) is 11.3 Å². The zero-order valence-electron chi connectivity index (χ0n) is 13.0. The third-order valence-electron chi connectivity index (χ3n) is 3.70. The standard InChI is InChI=1S/C18H12N6S/c19-9-11-2-1-3-12(6-11)17-23-16(20)15-8-14(25-18(15)24-17)7-13-10-21-4-5-22-13/h1-6,8,10H,7H2,(H2,20,23,24). The monoisotopic (exact) mass is 344 g/mol. The molecule has 0 radical (unpaired) electrons. The molecule has 0 aliphatic rings. The second-order valence-electron chi connectivity index (χ2n) is 5.43. The predicted octanol–water partition coefficient (Wildman–Crippen LogP) is 3.19. The van der Waals surface area contributed by atoms with Gasteiger partial charge in [0.05, 0.1) is 22.7 Å². The number of fused-ring (bicyclic) bond motifs is 1.